The number of benzene rings is 4. The van der Waals surface area contributed by atoms with Gasteiger partial charge >= 0.3 is 5.97 Å². The molecule has 6 heteroatoms. The molecule has 0 fully saturated rings. The van der Waals surface area contributed by atoms with Crippen LogP contribution in [-0.2, 0) is 11.3 Å². The van der Waals surface area contributed by atoms with Gasteiger partial charge in [0.25, 0.3) is 0 Å². The van der Waals surface area contributed by atoms with Crippen molar-refractivity contribution >= 4 is 33.4 Å². The molecule has 0 radical (unpaired) electrons. The number of fused-ring (bicyclic) bond motifs is 2. The van der Waals surface area contributed by atoms with Gasteiger partial charge in [-0.25, -0.2) is 0 Å². The fourth-order valence-electron chi connectivity index (χ4n) is 4.20. The van der Waals surface area contributed by atoms with E-state index < -0.39 is 5.97 Å². The number of aromatic nitrogens is 1. The van der Waals surface area contributed by atoms with Gasteiger partial charge in [0.1, 0.15) is 18.0 Å². The third-order valence-corrected chi connectivity index (χ3v) is 5.98. The summed E-state index contributed by atoms with van der Waals surface area (Å²) in [7, 11) is 0. The molecule has 0 aliphatic rings. The molecule has 5 aromatic rings. The summed E-state index contributed by atoms with van der Waals surface area (Å²) in [6.07, 6.45) is 2.47. The second kappa shape index (κ2) is 10.4. The summed E-state index contributed by atoms with van der Waals surface area (Å²) in [5.74, 6) is 0.643. The van der Waals surface area contributed by atoms with Crippen LogP contribution in [-0.4, -0.2) is 34.6 Å². The number of hydrogen-bond donors (Lipinski definition) is 1. The Morgan fingerprint density at radius 1 is 0.694 bits per heavy atom. The molecule has 6 nitrogen and oxygen atoms in total. The standard InChI is InChI=1S/C30H25NO5/c32-29(33)20-31-14-13-24-19-27(11-12-28(24)31)36-16-4-15-35-26-10-9-22-17-25(8-7-23(22)18-26)30(34)21-5-2-1-3-6-21/h1-3,5-14,17-19H,4,15-16,20H2,(H,32,33). The van der Waals surface area contributed by atoms with Crippen molar-refractivity contribution in [3.8, 4) is 11.5 Å². The van der Waals surface area contributed by atoms with E-state index >= 15 is 0 Å². The SMILES string of the molecule is O=C(O)Cn1ccc2cc(OCCCOc3ccc4cc(C(=O)c5ccccc5)ccc4c3)ccc21. The van der Waals surface area contributed by atoms with Gasteiger partial charge in [-0.15, -0.1) is 0 Å². The maximum absolute atomic E-state index is 12.7. The van der Waals surface area contributed by atoms with Crippen LogP contribution < -0.4 is 9.47 Å². The molecule has 0 aliphatic heterocycles. The van der Waals surface area contributed by atoms with Crippen LogP contribution in [0.1, 0.15) is 22.3 Å². The lowest BCUT2D eigenvalue weighted by molar-refractivity contribution is -0.137. The molecule has 4 aromatic carbocycles. The Hall–Kier alpha value is -4.58. The van der Waals surface area contributed by atoms with E-state index in [4.69, 9.17) is 14.6 Å². The first-order chi connectivity index (χ1) is 17.6. The van der Waals surface area contributed by atoms with Crippen molar-refractivity contribution in [2.75, 3.05) is 13.2 Å². The van der Waals surface area contributed by atoms with Crippen molar-refractivity contribution in [3.05, 3.63) is 108 Å². The van der Waals surface area contributed by atoms with Crippen LogP contribution in [0.15, 0.2) is 97.2 Å². The Kier molecular flexibility index (Phi) is 6.67. The molecule has 1 N–H and O–H groups in total. The molecule has 5 rings (SSSR count). The average molecular weight is 480 g/mol. The Morgan fingerprint density at radius 2 is 1.36 bits per heavy atom. The lowest BCUT2D eigenvalue weighted by Gasteiger charge is -2.10. The van der Waals surface area contributed by atoms with E-state index in [1.165, 1.54) is 0 Å². The summed E-state index contributed by atoms with van der Waals surface area (Å²) in [4.78, 5) is 23.7. The van der Waals surface area contributed by atoms with Gasteiger partial charge in [0.2, 0.25) is 0 Å². The van der Waals surface area contributed by atoms with Gasteiger partial charge in [-0.05, 0) is 53.2 Å². The van der Waals surface area contributed by atoms with E-state index in [0.717, 1.165) is 33.2 Å². The minimum absolute atomic E-state index is 0.00908. The second-order valence-electron chi connectivity index (χ2n) is 8.53. The number of carboxylic acids is 1. The van der Waals surface area contributed by atoms with Crippen molar-refractivity contribution in [2.45, 2.75) is 13.0 Å². The molecule has 180 valence electrons. The van der Waals surface area contributed by atoms with E-state index in [0.29, 0.717) is 30.8 Å². The van der Waals surface area contributed by atoms with Crippen LogP contribution in [0.5, 0.6) is 11.5 Å². The fourth-order valence-corrected chi connectivity index (χ4v) is 4.20. The van der Waals surface area contributed by atoms with Crippen LogP contribution in [0.25, 0.3) is 21.7 Å². The normalized spacial score (nSPS) is 11.0. The number of carboxylic acid groups (broad SMARTS) is 1. The number of ketones is 1. The smallest absolute Gasteiger partial charge is 0.323 e. The molecule has 0 aliphatic carbocycles. The highest BCUT2D eigenvalue weighted by molar-refractivity contribution is 6.10. The van der Waals surface area contributed by atoms with Crippen molar-refractivity contribution in [1.82, 2.24) is 4.57 Å². The first kappa shape index (κ1) is 23.2. The Balaban J connectivity index is 1.14. The fraction of sp³-hybridized carbons (Fsp3) is 0.133. The summed E-state index contributed by atoms with van der Waals surface area (Å²) in [6.45, 7) is 0.940. The van der Waals surface area contributed by atoms with E-state index in [9.17, 15) is 9.59 Å². The molecule has 0 unspecified atom stereocenters. The quantitative estimate of drug-likeness (QED) is 0.198. The van der Waals surface area contributed by atoms with Gasteiger partial charge in [0.05, 0.1) is 13.2 Å². The predicted molar refractivity (Wildman–Crippen MR) is 139 cm³/mol. The summed E-state index contributed by atoms with van der Waals surface area (Å²) >= 11 is 0. The lowest BCUT2D eigenvalue weighted by Crippen LogP contribution is -2.07. The predicted octanol–water partition coefficient (Wildman–Crippen LogP) is 5.96. The molecule has 0 saturated heterocycles. The zero-order chi connectivity index (χ0) is 24.9. The van der Waals surface area contributed by atoms with E-state index in [-0.39, 0.29) is 12.3 Å². The van der Waals surface area contributed by atoms with Gasteiger partial charge in [-0.3, -0.25) is 9.59 Å². The maximum Gasteiger partial charge on any atom is 0.323 e. The molecule has 0 spiro atoms. The third-order valence-electron chi connectivity index (χ3n) is 5.98. The number of hydrogen-bond acceptors (Lipinski definition) is 4. The van der Waals surface area contributed by atoms with Crippen molar-refractivity contribution in [3.63, 3.8) is 0 Å². The highest BCUT2D eigenvalue weighted by Crippen LogP contribution is 2.24. The summed E-state index contributed by atoms with van der Waals surface area (Å²) < 4.78 is 13.4. The van der Waals surface area contributed by atoms with Crippen LogP contribution in [0.3, 0.4) is 0 Å². The van der Waals surface area contributed by atoms with Crippen molar-refractivity contribution < 1.29 is 24.2 Å². The number of aliphatic carboxylic acids is 1. The van der Waals surface area contributed by atoms with Gasteiger partial charge in [0.15, 0.2) is 5.78 Å². The highest BCUT2D eigenvalue weighted by atomic mass is 16.5. The van der Waals surface area contributed by atoms with Crippen LogP contribution in [0.4, 0.5) is 0 Å². The van der Waals surface area contributed by atoms with Crippen LogP contribution in [0.2, 0.25) is 0 Å². The minimum atomic E-state index is -0.873. The van der Waals surface area contributed by atoms with Crippen LogP contribution >= 0.6 is 0 Å². The number of carbonyl (C=O) groups is 2. The molecule has 1 aromatic heterocycles. The van der Waals surface area contributed by atoms with E-state index in [2.05, 4.69) is 0 Å². The highest BCUT2D eigenvalue weighted by Gasteiger charge is 2.10. The van der Waals surface area contributed by atoms with Gasteiger partial charge in [-0.2, -0.15) is 0 Å². The van der Waals surface area contributed by atoms with Gasteiger partial charge < -0.3 is 19.1 Å². The topological polar surface area (TPSA) is 77.8 Å². The monoisotopic (exact) mass is 479 g/mol. The Bertz CT molecular complexity index is 1540. The molecule has 36 heavy (non-hydrogen) atoms. The third kappa shape index (κ3) is 5.23. The Labute approximate surface area is 208 Å². The molecule has 0 amide bonds. The minimum Gasteiger partial charge on any atom is -0.493 e. The molecular weight excluding hydrogens is 454 g/mol. The number of carbonyl (C=O) groups excluding carboxylic acids is 1. The largest absolute Gasteiger partial charge is 0.493 e. The van der Waals surface area contributed by atoms with Gasteiger partial charge in [0, 0.05) is 34.6 Å². The summed E-state index contributed by atoms with van der Waals surface area (Å²) in [5.41, 5.74) is 2.20. The van der Waals surface area contributed by atoms with Crippen LogP contribution in [0, 0.1) is 0 Å². The first-order valence-electron chi connectivity index (χ1n) is 11.8. The molecule has 0 atom stereocenters. The molecule has 0 bridgehead atoms. The van der Waals surface area contributed by atoms with Crippen molar-refractivity contribution in [1.29, 1.82) is 0 Å². The zero-order valence-electron chi connectivity index (χ0n) is 19.6. The van der Waals surface area contributed by atoms with E-state index in [1.807, 2.05) is 91.0 Å². The number of nitrogens with zero attached hydrogens (tertiary/aromatic N) is 1. The molecule has 0 saturated carbocycles. The molecular formula is C30H25NO5. The lowest BCUT2D eigenvalue weighted by atomic mass is 10.00. The maximum atomic E-state index is 12.7. The summed E-state index contributed by atoms with van der Waals surface area (Å²) in [5, 5.41) is 11.9. The number of rotatable bonds is 10. The van der Waals surface area contributed by atoms with E-state index in [1.54, 1.807) is 10.8 Å². The number of ether oxygens (including phenoxy) is 2. The van der Waals surface area contributed by atoms with Gasteiger partial charge in [-0.1, -0.05) is 48.5 Å². The Morgan fingerprint density at radius 3 is 2.11 bits per heavy atom. The summed E-state index contributed by atoms with van der Waals surface area (Å²) in [6, 6.07) is 28.4. The first-order valence-corrected chi connectivity index (χ1v) is 11.8. The second-order valence-corrected chi connectivity index (χ2v) is 8.53. The average Bonchev–Trinajstić information content (AvgIpc) is 3.29. The molecule has 1 heterocycles. The zero-order valence-corrected chi connectivity index (χ0v) is 19.6. The van der Waals surface area contributed by atoms with Crippen molar-refractivity contribution in [2.24, 2.45) is 0 Å².